The Bertz CT molecular complexity index is 698. The van der Waals surface area contributed by atoms with Crippen LogP contribution in [0.4, 0.5) is 4.39 Å². The van der Waals surface area contributed by atoms with E-state index < -0.39 is 23.8 Å². The van der Waals surface area contributed by atoms with Crippen molar-refractivity contribution < 1.29 is 23.5 Å². The van der Waals surface area contributed by atoms with Crippen LogP contribution in [0.5, 0.6) is 5.75 Å². The monoisotopic (exact) mass is 331 g/mol. The molecule has 0 fully saturated rings. The van der Waals surface area contributed by atoms with Crippen molar-refractivity contribution in [3.05, 3.63) is 65.5 Å². The van der Waals surface area contributed by atoms with E-state index in [9.17, 15) is 14.0 Å². The summed E-state index contributed by atoms with van der Waals surface area (Å²) >= 11 is 0. The molecule has 2 aromatic carbocycles. The molecule has 24 heavy (non-hydrogen) atoms. The number of hydrogen-bond acceptors (Lipinski definition) is 4. The van der Waals surface area contributed by atoms with E-state index in [1.165, 1.54) is 19.1 Å². The van der Waals surface area contributed by atoms with Gasteiger partial charge < -0.3 is 14.8 Å². The minimum atomic E-state index is -0.958. The van der Waals surface area contributed by atoms with Crippen LogP contribution in [-0.4, -0.2) is 25.1 Å². The molecule has 0 saturated carbocycles. The second-order valence-electron chi connectivity index (χ2n) is 5.12. The van der Waals surface area contributed by atoms with Crippen molar-refractivity contribution in [3.63, 3.8) is 0 Å². The molecule has 0 bridgehead atoms. The number of rotatable bonds is 6. The first-order chi connectivity index (χ1) is 11.5. The SMILES string of the molecule is COc1ccc(CNC(=O)[C@@H](C)OC(=O)c2ccc(F)cc2)cc1. The van der Waals surface area contributed by atoms with Crippen LogP contribution < -0.4 is 10.1 Å². The van der Waals surface area contributed by atoms with Crippen molar-refractivity contribution in [1.29, 1.82) is 0 Å². The highest BCUT2D eigenvalue weighted by atomic mass is 19.1. The average molecular weight is 331 g/mol. The van der Waals surface area contributed by atoms with Crippen molar-refractivity contribution in [2.24, 2.45) is 0 Å². The number of amides is 1. The Balaban J connectivity index is 1.84. The first-order valence-electron chi connectivity index (χ1n) is 7.37. The maximum Gasteiger partial charge on any atom is 0.338 e. The van der Waals surface area contributed by atoms with Gasteiger partial charge in [0.15, 0.2) is 6.10 Å². The molecule has 0 aliphatic carbocycles. The molecule has 0 radical (unpaired) electrons. The summed E-state index contributed by atoms with van der Waals surface area (Å²) in [6, 6.07) is 12.2. The largest absolute Gasteiger partial charge is 0.497 e. The summed E-state index contributed by atoms with van der Waals surface area (Å²) in [5.74, 6) is -0.813. The first kappa shape index (κ1) is 17.5. The second kappa shape index (κ2) is 8.10. The van der Waals surface area contributed by atoms with E-state index >= 15 is 0 Å². The lowest BCUT2D eigenvalue weighted by Crippen LogP contribution is -2.35. The van der Waals surface area contributed by atoms with E-state index in [0.29, 0.717) is 6.54 Å². The van der Waals surface area contributed by atoms with Crippen LogP contribution in [0.1, 0.15) is 22.8 Å². The van der Waals surface area contributed by atoms with Gasteiger partial charge in [0.25, 0.3) is 5.91 Å². The van der Waals surface area contributed by atoms with Gasteiger partial charge in [-0.1, -0.05) is 12.1 Å². The Hall–Kier alpha value is -2.89. The molecular weight excluding hydrogens is 313 g/mol. The Morgan fingerprint density at radius 3 is 2.29 bits per heavy atom. The highest BCUT2D eigenvalue weighted by molar-refractivity contribution is 5.92. The summed E-state index contributed by atoms with van der Waals surface area (Å²) < 4.78 is 23.0. The van der Waals surface area contributed by atoms with E-state index in [4.69, 9.17) is 9.47 Å². The standard InChI is InChI=1S/C18H18FNO4/c1-12(24-18(22)14-5-7-15(19)8-6-14)17(21)20-11-13-3-9-16(23-2)10-4-13/h3-10,12H,11H2,1-2H3,(H,20,21)/t12-/m1/s1. The zero-order valence-electron chi connectivity index (χ0n) is 13.4. The van der Waals surface area contributed by atoms with E-state index in [2.05, 4.69) is 5.32 Å². The van der Waals surface area contributed by atoms with Crippen LogP contribution in [0, 0.1) is 5.82 Å². The molecule has 0 heterocycles. The number of ether oxygens (including phenoxy) is 2. The molecule has 0 unspecified atom stereocenters. The third-order valence-corrected chi connectivity index (χ3v) is 3.36. The highest BCUT2D eigenvalue weighted by Crippen LogP contribution is 2.11. The Labute approximate surface area is 139 Å². The minimum Gasteiger partial charge on any atom is -0.497 e. The van der Waals surface area contributed by atoms with Crippen molar-refractivity contribution >= 4 is 11.9 Å². The topological polar surface area (TPSA) is 64.6 Å². The number of nitrogens with one attached hydrogen (secondary N) is 1. The predicted molar refractivity (Wildman–Crippen MR) is 86.1 cm³/mol. The van der Waals surface area contributed by atoms with E-state index in [0.717, 1.165) is 23.4 Å². The molecule has 0 aromatic heterocycles. The number of methoxy groups -OCH3 is 1. The molecule has 126 valence electrons. The van der Waals surface area contributed by atoms with Crippen molar-refractivity contribution in [1.82, 2.24) is 5.32 Å². The molecule has 1 N–H and O–H groups in total. The molecule has 2 rings (SSSR count). The highest BCUT2D eigenvalue weighted by Gasteiger charge is 2.18. The lowest BCUT2D eigenvalue weighted by Gasteiger charge is -2.13. The third kappa shape index (κ3) is 4.81. The lowest BCUT2D eigenvalue weighted by atomic mass is 10.2. The number of hydrogen-bond donors (Lipinski definition) is 1. The van der Waals surface area contributed by atoms with Crippen LogP contribution >= 0.6 is 0 Å². The molecule has 0 aliphatic heterocycles. The quantitative estimate of drug-likeness (QED) is 0.827. The van der Waals surface area contributed by atoms with Gasteiger partial charge in [-0.05, 0) is 48.9 Å². The molecule has 0 aliphatic rings. The normalized spacial score (nSPS) is 11.5. The molecule has 0 spiro atoms. The van der Waals surface area contributed by atoms with Crippen LogP contribution in [0.15, 0.2) is 48.5 Å². The molecule has 6 heteroatoms. The van der Waals surface area contributed by atoms with Crippen LogP contribution in [0.2, 0.25) is 0 Å². The summed E-state index contributed by atoms with van der Waals surface area (Å²) in [5, 5.41) is 2.69. The predicted octanol–water partition coefficient (Wildman–Crippen LogP) is 2.70. The van der Waals surface area contributed by atoms with Gasteiger partial charge in [-0.3, -0.25) is 4.79 Å². The van der Waals surface area contributed by atoms with Gasteiger partial charge in [-0.25, -0.2) is 9.18 Å². The number of benzene rings is 2. The van der Waals surface area contributed by atoms with Gasteiger partial charge in [0, 0.05) is 6.54 Å². The zero-order valence-corrected chi connectivity index (χ0v) is 13.4. The van der Waals surface area contributed by atoms with Gasteiger partial charge in [-0.15, -0.1) is 0 Å². The Morgan fingerprint density at radius 2 is 1.71 bits per heavy atom. The van der Waals surface area contributed by atoms with Crippen molar-refractivity contribution in [2.75, 3.05) is 7.11 Å². The molecule has 1 atom stereocenters. The first-order valence-corrected chi connectivity index (χ1v) is 7.37. The Morgan fingerprint density at radius 1 is 1.08 bits per heavy atom. The fourth-order valence-electron chi connectivity index (χ4n) is 1.94. The van der Waals surface area contributed by atoms with Crippen molar-refractivity contribution in [3.8, 4) is 5.75 Å². The number of carbonyl (C=O) groups excluding carboxylic acids is 2. The maximum atomic E-state index is 12.8. The number of halogens is 1. The molecule has 5 nitrogen and oxygen atoms in total. The zero-order chi connectivity index (χ0) is 17.5. The van der Waals surface area contributed by atoms with Gasteiger partial charge in [0.05, 0.1) is 12.7 Å². The van der Waals surface area contributed by atoms with Gasteiger partial charge in [0.1, 0.15) is 11.6 Å². The van der Waals surface area contributed by atoms with Crippen molar-refractivity contribution in [2.45, 2.75) is 19.6 Å². The second-order valence-corrected chi connectivity index (χ2v) is 5.12. The van der Waals surface area contributed by atoms with Crippen LogP contribution in [0.3, 0.4) is 0 Å². The van der Waals surface area contributed by atoms with E-state index in [-0.39, 0.29) is 5.56 Å². The van der Waals surface area contributed by atoms with Crippen LogP contribution in [-0.2, 0) is 16.1 Å². The van der Waals surface area contributed by atoms with Gasteiger partial charge >= 0.3 is 5.97 Å². The van der Waals surface area contributed by atoms with Gasteiger partial charge in [-0.2, -0.15) is 0 Å². The number of carbonyl (C=O) groups is 2. The summed E-state index contributed by atoms with van der Waals surface area (Å²) in [6.45, 7) is 1.78. The Kier molecular flexibility index (Phi) is 5.89. The van der Waals surface area contributed by atoms with E-state index in [1.807, 2.05) is 12.1 Å². The summed E-state index contributed by atoms with van der Waals surface area (Å²) in [4.78, 5) is 23.9. The maximum absolute atomic E-state index is 12.8. The lowest BCUT2D eigenvalue weighted by molar-refractivity contribution is -0.129. The van der Waals surface area contributed by atoms with Gasteiger partial charge in [0.2, 0.25) is 0 Å². The molecular formula is C18H18FNO4. The average Bonchev–Trinajstić information content (AvgIpc) is 2.60. The smallest absolute Gasteiger partial charge is 0.338 e. The minimum absolute atomic E-state index is 0.186. The fourth-order valence-corrected chi connectivity index (χ4v) is 1.94. The number of esters is 1. The molecule has 2 aromatic rings. The van der Waals surface area contributed by atoms with Crippen LogP contribution in [0.25, 0.3) is 0 Å². The summed E-state index contributed by atoms with van der Waals surface area (Å²) in [6.07, 6.45) is -0.958. The molecule has 0 saturated heterocycles. The summed E-state index contributed by atoms with van der Waals surface area (Å²) in [5.41, 5.74) is 1.08. The fraction of sp³-hybridized carbons (Fsp3) is 0.222. The molecule has 1 amide bonds. The third-order valence-electron chi connectivity index (χ3n) is 3.36. The van der Waals surface area contributed by atoms with E-state index in [1.54, 1.807) is 19.2 Å². The summed E-state index contributed by atoms with van der Waals surface area (Å²) in [7, 11) is 1.58.